The van der Waals surface area contributed by atoms with Gasteiger partial charge in [0.1, 0.15) is 0 Å². The minimum Gasteiger partial charge on any atom is -0.478 e. The number of hydrogen-bond acceptors (Lipinski definition) is 4. The summed E-state index contributed by atoms with van der Waals surface area (Å²) >= 11 is 0. The smallest absolute Gasteiger partial charge is 0.411 e. The second kappa shape index (κ2) is 7.09. The molecule has 1 rings (SSSR count). The molecule has 0 aliphatic rings. The molecule has 1 aromatic rings. The van der Waals surface area contributed by atoms with E-state index in [2.05, 4.69) is 15.4 Å². The van der Waals surface area contributed by atoms with E-state index in [9.17, 15) is 14.4 Å². The van der Waals surface area contributed by atoms with Crippen LogP contribution in [-0.2, 0) is 14.3 Å². The quantitative estimate of drug-likeness (QED) is 0.738. The number of benzene rings is 1. The number of carbonyl (C=O) groups excluding carboxylic acids is 2. The van der Waals surface area contributed by atoms with E-state index in [1.54, 1.807) is 24.3 Å². The lowest BCUT2D eigenvalue weighted by Gasteiger charge is -2.08. The van der Waals surface area contributed by atoms with Crippen LogP contribution in [0, 0.1) is 0 Å². The molecule has 0 spiro atoms. The molecule has 0 saturated carbocycles. The Morgan fingerprint density at radius 3 is 1.86 bits per heavy atom. The molecule has 21 heavy (non-hydrogen) atoms. The van der Waals surface area contributed by atoms with Gasteiger partial charge in [0.05, 0.1) is 7.11 Å². The molecule has 0 saturated heterocycles. The number of methoxy groups -OCH3 is 1. The molecule has 0 fully saturated rings. The van der Waals surface area contributed by atoms with Crippen molar-refractivity contribution in [2.45, 2.75) is 13.8 Å². The number of ether oxygens (including phenoxy) is 1. The molecule has 0 bridgehead atoms. The van der Waals surface area contributed by atoms with Crippen molar-refractivity contribution in [3.05, 3.63) is 35.4 Å². The van der Waals surface area contributed by atoms with Gasteiger partial charge >= 0.3 is 12.1 Å². The van der Waals surface area contributed by atoms with Gasteiger partial charge in [0.25, 0.3) is 5.91 Å². The highest BCUT2D eigenvalue weighted by Crippen LogP contribution is 2.15. The summed E-state index contributed by atoms with van der Waals surface area (Å²) in [4.78, 5) is 33.6. The zero-order valence-corrected chi connectivity index (χ0v) is 11.9. The van der Waals surface area contributed by atoms with Gasteiger partial charge in [-0.05, 0) is 38.1 Å². The third-order valence-corrected chi connectivity index (χ3v) is 2.80. The first-order valence-electron chi connectivity index (χ1n) is 6.02. The fourth-order valence-electron chi connectivity index (χ4n) is 1.36. The lowest BCUT2D eigenvalue weighted by molar-refractivity contribution is -0.133. The lowest BCUT2D eigenvalue weighted by atomic mass is 10.1. The van der Waals surface area contributed by atoms with Gasteiger partial charge in [-0.25, -0.2) is 9.59 Å². The van der Waals surface area contributed by atoms with Gasteiger partial charge in [-0.2, -0.15) is 0 Å². The fraction of sp³-hybridized carbons (Fsp3) is 0.214. The molecule has 0 aliphatic heterocycles. The Hall–Kier alpha value is -2.83. The maximum atomic E-state index is 11.8. The summed E-state index contributed by atoms with van der Waals surface area (Å²) < 4.78 is 4.45. The Balaban J connectivity index is 2.76. The van der Waals surface area contributed by atoms with Crippen LogP contribution in [0.2, 0.25) is 0 Å². The molecule has 0 aliphatic carbocycles. The number of carbonyl (C=O) groups is 3. The molecule has 7 nitrogen and oxygen atoms in total. The normalized spacial score (nSPS) is 11.2. The standard InChI is InChI=1S/C14H16N2O5/c1-8(9(2)13(18)19)12(17)15-10-4-6-11(7-5-10)16-14(20)21-3/h4-7H,1-3H3,(H,15,17)(H,16,20)(H,18,19). The van der Waals surface area contributed by atoms with Crippen LogP contribution in [0.1, 0.15) is 13.8 Å². The number of carboxylic acid groups (broad SMARTS) is 1. The third-order valence-electron chi connectivity index (χ3n) is 2.80. The van der Waals surface area contributed by atoms with Gasteiger partial charge in [0, 0.05) is 22.5 Å². The average Bonchev–Trinajstić information content (AvgIpc) is 2.47. The zero-order valence-electron chi connectivity index (χ0n) is 11.9. The van der Waals surface area contributed by atoms with Gasteiger partial charge in [-0.3, -0.25) is 10.1 Å². The van der Waals surface area contributed by atoms with Crippen LogP contribution in [0.4, 0.5) is 16.2 Å². The predicted octanol–water partition coefficient (Wildman–Crippen LogP) is 2.22. The van der Waals surface area contributed by atoms with Crippen molar-refractivity contribution in [3.63, 3.8) is 0 Å². The van der Waals surface area contributed by atoms with Crippen LogP contribution in [0.5, 0.6) is 0 Å². The monoisotopic (exact) mass is 292 g/mol. The molecule has 7 heteroatoms. The van der Waals surface area contributed by atoms with Crippen LogP contribution >= 0.6 is 0 Å². The summed E-state index contributed by atoms with van der Waals surface area (Å²) in [6.07, 6.45) is -0.595. The van der Waals surface area contributed by atoms with Crippen LogP contribution in [0.25, 0.3) is 0 Å². The van der Waals surface area contributed by atoms with Crippen molar-refractivity contribution in [1.29, 1.82) is 0 Å². The minimum atomic E-state index is -1.14. The van der Waals surface area contributed by atoms with E-state index in [-0.39, 0.29) is 11.1 Å². The summed E-state index contributed by atoms with van der Waals surface area (Å²) in [7, 11) is 1.25. The van der Waals surface area contributed by atoms with Crippen molar-refractivity contribution in [2.75, 3.05) is 17.7 Å². The second-order valence-electron chi connectivity index (χ2n) is 4.20. The summed E-state index contributed by atoms with van der Waals surface area (Å²) in [5, 5.41) is 13.9. The topological polar surface area (TPSA) is 105 Å². The minimum absolute atomic E-state index is 0.0171. The summed E-state index contributed by atoms with van der Waals surface area (Å²) in [6, 6.07) is 6.31. The molecule has 2 amide bonds. The van der Waals surface area contributed by atoms with Gasteiger partial charge < -0.3 is 15.2 Å². The van der Waals surface area contributed by atoms with E-state index in [0.717, 1.165) is 0 Å². The van der Waals surface area contributed by atoms with E-state index in [4.69, 9.17) is 5.11 Å². The molecule has 0 unspecified atom stereocenters. The first kappa shape index (κ1) is 16.2. The fourth-order valence-corrected chi connectivity index (χ4v) is 1.36. The van der Waals surface area contributed by atoms with Crippen molar-refractivity contribution in [1.82, 2.24) is 0 Å². The highest BCUT2D eigenvalue weighted by Gasteiger charge is 2.12. The van der Waals surface area contributed by atoms with Crippen LogP contribution in [-0.4, -0.2) is 30.2 Å². The van der Waals surface area contributed by atoms with Crippen LogP contribution < -0.4 is 10.6 Å². The third kappa shape index (κ3) is 4.64. The van der Waals surface area contributed by atoms with Gasteiger partial charge in [-0.1, -0.05) is 0 Å². The lowest BCUT2D eigenvalue weighted by Crippen LogP contribution is -2.16. The molecule has 0 heterocycles. The van der Waals surface area contributed by atoms with Crippen molar-refractivity contribution >= 4 is 29.3 Å². The van der Waals surface area contributed by atoms with Crippen LogP contribution in [0.15, 0.2) is 35.4 Å². The van der Waals surface area contributed by atoms with Crippen molar-refractivity contribution in [3.8, 4) is 0 Å². The Morgan fingerprint density at radius 2 is 1.43 bits per heavy atom. The molecule has 112 valence electrons. The number of hydrogen-bond donors (Lipinski definition) is 3. The number of rotatable bonds is 4. The van der Waals surface area contributed by atoms with Gasteiger partial charge in [0.15, 0.2) is 0 Å². The summed E-state index contributed by atoms with van der Waals surface area (Å²) in [5.41, 5.74) is 1.09. The summed E-state index contributed by atoms with van der Waals surface area (Å²) in [6.45, 7) is 2.80. The van der Waals surface area contributed by atoms with Gasteiger partial charge in [0.2, 0.25) is 0 Å². The number of aliphatic carboxylic acids is 1. The largest absolute Gasteiger partial charge is 0.478 e. The molecular formula is C14H16N2O5. The first-order chi connectivity index (χ1) is 9.85. The number of carboxylic acids is 1. The van der Waals surface area contributed by atoms with E-state index in [0.29, 0.717) is 11.4 Å². The second-order valence-corrected chi connectivity index (χ2v) is 4.20. The molecule has 0 aromatic heterocycles. The van der Waals surface area contributed by atoms with E-state index >= 15 is 0 Å². The van der Waals surface area contributed by atoms with E-state index < -0.39 is 18.0 Å². The maximum absolute atomic E-state index is 11.8. The van der Waals surface area contributed by atoms with Crippen molar-refractivity contribution in [2.24, 2.45) is 0 Å². The Kier molecular flexibility index (Phi) is 5.48. The first-order valence-corrected chi connectivity index (χ1v) is 6.02. The Morgan fingerprint density at radius 1 is 0.952 bits per heavy atom. The van der Waals surface area contributed by atoms with E-state index in [1.807, 2.05) is 0 Å². The van der Waals surface area contributed by atoms with Gasteiger partial charge in [-0.15, -0.1) is 0 Å². The molecule has 1 aromatic carbocycles. The highest BCUT2D eigenvalue weighted by molar-refractivity contribution is 6.08. The zero-order chi connectivity index (χ0) is 16.0. The predicted molar refractivity (Wildman–Crippen MR) is 77.1 cm³/mol. The Bertz CT molecular complexity index is 590. The van der Waals surface area contributed by atoms with Crippen LogP contribution in [0.3, 0.4) is 0 Å². The highest BCUT2D eigenvalue weighted by atomic mass is 16.5. The molecule has 0 radical (unpaired) electrons. The number of amides is 2. The number of anilines is 2. The molecular weight excluding hydrogens is 276 g/mol. The van der Waals surface area contributed by atoms with Crippen molar-refractivity contribution < 1.29 is 24.2 Å². The number of nitrogens with one attached hydrogen (secondary N) is 2. The van der Waals surface area contributed by atoms with E-state index in [1.165, 1.54) is 21.0 Å². The average molecular weight is 292 g/mol. The molecule has 0 atom stereocenters. The maximum Gasteiger partial charge on any atom is 0.411 e. The molecule has 3 N–H and O–H groups in total. The SMILES string of the molecule is COC(=O)Nc1ccc(NC(=O)C(C)=C(C)C(=O)O)cc1. The Labute approximate surface area is 121 Å². The summed E-state index contributed by atoms with van der Waals surface area (Å²) in [5.74, 6) is -1.64.